The number of aromatic hydroxyl groups is 1. The highest BCUT2D eigenvalue weighted by Gasteiger charge is 2.24. The van der Waals surface area contributed by atoms with Gasteiger partial charge in [0.1, 0.15) is 12.4 Å². The molecule has 17 heavy (non-hydrogen) atoms. The van der Waals surface area contributed by atoms with E-state index in [0.29, 0.717) is 5.56 Å². The lowest BCUT2D eigenvalue weighted by Crippen LogP contribution is -2.45. The third kappa shape index (κ3) is 2.97. The molecule has 0 spiro atoms. The molecule has 0 bridgehead atoms. The molecule has 1 fully saturated rings. The molecule has 1 aromatic rings. The van der Waals surface area contributed by atoms with Crippen LogP contribution < -0.4 is 5.32 Å². The summed E-state index contributed by atoms with van der Waals surface area (Å²) in [6.45, 7) is 2.88. The van der Waals surface area contributed by atoms with Crippen molar-refractivity contribution in [2.24, 2.45) is 0 Å². The Labute approximate surface area is 109 Å². The van der Waals surface area contributed by atoms with Gasteiger partial charge < -0.3 is 10.4 Å². The molecule has 1 saturated heterocycles. The van der Waals surface area contributed by atoms with Gasteiger partial charge in [0.25, 0.3) is 0 Å². The quantitative estimate of drug-likeness (QED) is 0.897. The summed E-state index contributed by atoms with van der Waals surface area (Å²) in [7, 11) is 0. The van der Waals surface area contributed by atoms with E-state index in [1.807, 2.05) is 6.07 Å². The summed E-state index contributed by atoms with van der Waals surface area (Å²) in [5.74, 6) is 0.153. The highest BCUT2D eigenvalue weighted by Crippen LogP contribution is 2.31. The fourth-order valence-corrected chi connectivity index (χ4v) is 2.52. The highest BCUT2D eigenvalue weighted by molar-refractivity contribution is 9.10. The molecule has 1 atom stereocenters. The number of phenols is 1. The standard InChI is InChI=1S/C12H16BrFN2O/c13-9-1-2-10(12(17)7-9)11(8-14)16-5-3-15-4-6-16/h1-2,7,11,15,17H,3-6,8H2/t11-/m0/s1. The molecule has 0 unspecified atom stereocenters. The average Bonchev–Trinajstić information content (AvgIpc) is 2.34. The first-order chi connectivity index (χ1) is 8.22. The summed E-state index contributed by atoms with van der Waals surface area (Å²) in [4.78, 5) is 2.07. The summed E-state index contributed by atoms with van der Waals surface area (Å²) in [6.07, 6.45) is 0. The van der Waals surface area contributed by atoms with E-state index in [1.165, 1.54) is 0 Å². The third-order valence-corrected chi connectivity index (χ3v) is 3.58. The Morgan fingerprint density at radius 1 is 1.41 bits per heavy atom. The van der Waals surface area contributed by atoms with Crippen LogP contribution >= 0.6 is 15.9 Å². The second-order valence-electron chi connectivity index (χ2n) is 4.16. The van der Waals surface area contributed by atoms with E-state index in [2.05, 4.69) is 26.1 Å². The molecule has 1 aliphatic heterocycles. The SMILES string of the molecule is Oc1cc(Br)ccc1[C@H](CF)N1CCNCC1. The zero-order valence-corrected chi connectivity index (χ0v) is 11.1. The predicted molar refractivity (Wildman–Crippen MR) is 69.0 cm³/mol. The molecular weight excluding hydrogens is 287 g/mol. The van der Waals surface area contributed by atoms with E-state index in [0.717, 1.165) is 30.7 Å². The van der Waals surface area contributed by atoms with Crippen LogP contribution in [0.1, 0.15) is 11.6 Å². The maximum absolute atomic E-state index is 13.2. The largest absolute Gasteiger partial charge is 0.508 e. The maximum atomic E-state index is 13.2. The van der Waals surface area contributed by atoms with Gasteiger partial charge in [0, 0.05) is 36.2 Å². The molecule has 0 aromatic heterocycles. The van der Waals surface area contributed by atoms with E-state index in [1.54, 1.807) is 12.1 Å². The van der Waals surface area contributed by atoms with E-state index >= 15 is 0 Å². The lowest BCUT2D eigenvalue weighted by molar-refractivity contribution is 0.145. The van der Waals surface area contributed by atoms with Gasteiger partial charge >= 0.3 is 0 Å². The van der Waals surface area contributed by atoms with Crippen LogP contribution in [0.4, 0.5) is 4.39 Å². The molecule has 0 amide bonds. The van der Waals surface area contributed by atoms with Gasteiger partial charge in [-0.15, -0.1) is 0 Å². The van der Waals surface area contributed by atoms with Crippen LogP contribution in [0, 0.1) is 0 Å². The van der Waals surface area contributed by atoms with Crippen molar-refractivity contribution in [3.8, 4) is 5.75 Å². The Hall–Kier alpha value is -0.650. The molecule has 1 aromatic carbocycles. The van der Waals surface area contributed by atoms with Crippen LogP contribution in [-0.4, -0.2) is 42.9 Å². The van der Waals surface area contributed by atoms with Crippen molar-refractivity contribution in [2.45, 2.75) is 6.04 Å². The average molecular weight is 303 g/mol. The zero-order valence-electron chi connectivity index (χ0n) is 9.50. The summed E-state index contributed by atoms with van der Waals surface area (Å²) in [6, 6.07) is 4.89. The van der Waals surface area contributed by atoms with Crippen molar-refractivity contribution in [3.05, 3.63) is 28.2 Å². The van der Waals surface area contributed by atoms with Crippen molar-refractivity contribution < 1.29 is 9.50 Å². The molecule has 2 rings (SSSR count). The number of hydrogen-bond acceptors (Lipinski definition) is 3. The Morgan fingerprint density at radius 2 is 2.12 bits per heavy atom. The second kappa shape index (κ2) is 5.80. The van der Waals surface area contributed by atoms with E-state index in [4.69, 9.17) is 0 Å². The Balaban J connectivity index is 2.21. The lowest BCUT2D eigenvalue weighted by atomic mass is 10.0. The maximum Gasteiger partial charge on any atom is 0.121 e. The Kier molecular flexibility index (Phi) is 4.36. The monoisotopic (exact) mass is 302 g/mol. The van der Waals surface area contributed by atoms with Crippen molar-refractivity contribution in [1.82, 2.24) is 10.2 Å². The predicted octanol–water partition coefficient (Wildman–Crippen LogP) is 2.07. The van der Waals surface area contributed by atoms with Gasteiger partial charge in [-0.1, -0.05) is 22.0 Å². The normalized spacial score (nSPS) is 19.2. The van der Waals surface area contributed by atoms with Crippen LogP contribution in [0.3, 0.4) is 0 Å². The van der Waals surface area contributed by atoms with Gasteiger partial charge in [0.05, 0.1) is 6.04 Å². The van der Waals surface area contributed by atoms with Crippen LogP contribution in [0.5, 0.6) is 5.75 Å². The number of halogens is 2. The first kappa shape index (κ1) is 12.8. The van der Waals surface area contributed by atoms with Gasteiger partial charge in [0.2, 0.25) is 0 Å². The molecule has 3 nitrogen and oxygen atoms in total. The number of nitrogens with one attached hydrogen (secondary N) is 1. The number of alkyl halides is 1. The number of piperazine rings is 1. The van der Waals surface area contributed by atoms with Crippen LogP contribution in [0.15, 0.2) is 22.7 Å². The minimum atomic E-state index is -0.477. The molecular formula is C12H16BrFN2O. The molecule has 0 radical (unpaired) electrons. The number of nitrogens with zero attached hydrogens (tertiary/aromatic N) is 1. The van der Waals surface area contributed by atoms with Crippen molar-refractivity contribution in [2.75, 3.05) is 32.9 Å². The fraction of sp³-hybridized carbons (Fsp3) is 0.500. The van der Waals surface area contributed by atoms with Crippen molar-refractivity contribution in [1.29, 1.82) is 0 Å². The molecule has 5 heteroatoms. The smallest absolute Gasteiger partial charge is 0.121 e. The van der Waals surface area contributed by atoms with Crippen LogP contribution in [0.25, 0.3) is 0 Å². The molecule has 0 saturated carbocycles. The van der Waals surface area contributed by atoms with E-state index < -0.39 is 6.67 Å². The van der Waals surface area contributed by atoms with E-state index in [9.17, 15) is 9.50 Å². The van der Waals surface area contributed by atoms with Gasteiger partial charge in [-0.25, -0.2) is 4.39 Å². The summed E-state index contributed by atoms with van der Waals surface area (Å²) in [5.41, 5.74) is 0.664. The molecule has 1 heterocycles. The number of hydrogen-bond donors (Lipinski definition) is 2. The molecule has 2 N–H and O–H groups in total. The Morgan fingerprint density at radius 3 is 2.71 bits per heavy atom. The summed E-state index contributed by atoms with van der Waals surface area (Å²) >= 11 is 3.29. The van der Waals surface area contributed by atoms with Crippen LogP contribution in [0.2, 0.25) is 0 Å². The topological polar surface area (TPSA) is 35.5 Å². The third-order valence-electron chi connectivity index (χ3n) is 3.09. The first-order valence-corrected chi connectivity index (χ1v) is 6.51. The van der Waals surface area contributed by atoms with Gasteiger partial charge in [-0.3, -0.25) is 4.90 Å². The van der Waals surface area contributed by atoms with Gasteiger partial charge in [-0.2, -0.15) is 0 Å². The Bertz CT molecular complexity index is 383. The number of rotatable bonds is 3. The minimum Gasteiger partial charge on any atom is -0.508 e. The second-order valence-corrected chi connectivity index (χ2v) is 5.07. The highest BCUT2D eigenvalue weighted by atomic mass is 79.9. The number of phenolic OH excluding ortho intramolecular Hbond substituents is 1. The summed E-state index contributed by atoms with van der Waals surface area (Å²) < 4.78 is 14.0. The first-order valence-electron chi connectivity index (χ1n) is 5.71. The van der Waals surface area contributed by atoms with Crippen molar-refractivity contribution >= 4 is 15.9 Å². The zero-order chi connectivity index (χ0) is 12.3. The minimum absolute atomic E-state index is 0.153. The molecule has 1 aliphatic rings. The van der Waals surface area contributed by atoms with Crippen molar-refractivity contribution in [3.63, 3.8) is 0 Å². The van der Waals surface area contributed by atoms with Gasteiger partial charge in [-0.05, 0) is 12.1 Å². The summed E-state index contributed by atoms with van der Waals surface area (Å²) in [5, 5.41) is 13.1. The van der Waals surface area contributed by atoms with Gasteiger partial charge in [0.15, 0.2) is 0 Å². The molecule has 94 valence electrons. The fourth-order valence-electron chi connectivity index (χ4n) is 2.17. The van der Waals surface area contributed by atoms with E-state index in [-0.39, 0.29) is 11.8 Å². The lowest BCUT2D eigenvalue weighted by Gasteiger charge is -2.33. The molecule has 0 aliphatic carbocycles. The van der Waals surface area contributed by atoms with Crippen LogP contribution in [-0.2, 0) is 0 Å². The number of benzene rings is 1.